The van der Waals surface area contributed by atoms with E-state index in [1.165, 1.54) is 10.8 Å². The second-order valence-corrected chi connectivity index (χ2v) is 2.77. The number of hydrogen-bond donors (Lipinski definition) is 0. The Hall–Kier alpha value is -1.59. The van der Waals surface area contributed by atoms with Crippen LogP contribution in [0.5, 0.6) is 0 Å². The van der Waals surface area contributed by atoms with Crippen LogP contribution in [-0.4, -0.2) is 7.25 Å². The summed E-state index contributed by atoms with van der Waals surface area (Å²) in [6, 6.07) is 10.3. The van der Waals surface area contributed by atoms with Crippen molar-refractivity contribution >= 4 is 18.0 Å². The third-order valence-electron chi connectivity index (χ3n) is 1.59. The van der Waals surface area contributed by atoms with Gasteiger partial charge in [-0.15, -0.1) is 0 Å². The highest BCUT2D eigenvalue weighted by Crippen LogP contribution is 2.08. The molecule has 80 valence electrons. The number of pyridine rings is 1. The number of hydrogen-bond acceptors (Lipinski definition) is 0. The first-order valence-electron chi connectivity index (χ1n) is 4.19. The molecule has 1 nitrogen and oxygen atoms in total. The minimum Gasteiger partial charge on any atom is -0.418 e. The molecule has 1 aromatic heterocycles. The number of H-pyrrole nitrogens is 1. The van der Waals surface area contributed by atoms with Gasteiger partial charge in [0, 0.05) is 11.5 Å². The van der Waals surface area contributed by atoms with E-state index in [2.05, 4.69) is 23.2 Å². The van der Waals surface area contributed by atoms with Crippen molar-refractivity contribution < 1.29 is 22.2 Å². The van der Waals surface area contributed by atoms with Gasteiger partial charge in [-0.1, -0.05) is 18.2 Å². The van der Waals surface area contributed by atoms with Gasteiger partial charge in [-0.25, -0.2) is 4.98 Å². The lowest BCUT2D eigenvalue weighted by Gasteiger charge is -1.94. The van der Waals surface area contributed by atoms with Crippen molar-refractivity contribution in [3.05, 3.63) is 42.7 Å². The van der Waals surface area contributed by atoms with E-state index in [0.717, 1.165) is 0 Å². The largest absolute Gasteiger partial charge is 0.673 e. The molecule has 1 aromatic carbocycles. The van der Waals surface area contributed by atoms with Gasteiger partial charge >= 0.3 is 7.25 Å². The minimum atomic E-state index is -6.00. The zero-order valence-corrected chi connectivity index (χ0v) is 7.63. The van der Waals surface area contributed by atoms with Crippen LogP contribution in [0, 0.1) is 0 Å². The SMILES string of the molecule is F[B-](F)(F)F.c1ccc2c[nH+]ccc2c1. The minimum absolute atomic E-state index is 1.25. The molecule has 0 fully saturated rings. The number of benzene rings is 1. The highest BCUT2D eigenvalue weighted by atomic mass is 19.5. The van der Waals surface area contributed by atoms with E-state index in [1.54, 1.807) is 0 Å². The molecule has 0 atom stereocenters. The average Bonchev–Trinajstić information content (AvgIpc) is 2.16. The molecule has 2 aromatic rings. The van der Waals surface area contributed by atoms with Crippen LogP contribution in [0.4, 0.5) is 17.3 Å². The van der Waals surface area contributed by atoms with Crippen LogP contribution in [0.15, 0.2) is 42.7 Å². The Balaban J connectivity index is 0.000000195. The van der Waals surface area contributed by atoms with Gasteiger partial charge in [0.05, 0.1) is 0 Å². The van der Waals surface area contributed by atoms with Crippen molar-refractivity contribution in [3.63, 3.8) is 0 Å². The smallest absolute Gasteiger partial charge is 0.418 e. The van der Waals surface area contributed by atoms with Crippen molar-refractivity contribution in [2.24, 2.45) is 0 Å². The fourth-order valence-electron chi connectivity index (χ4n) is 1.07. The topological polar surface area (TPSA) is 14.1 Å². The molecule has 0 unspecified atom stereocenters. The Bertz CT molecular complexity index is 358. The van der Waals surface area contributed by atoms with Crippen molar-refractivity contribution in [2.45, 2.75) is 0 Å². The predicted molar refractivity (Wildman–Crippen MR) is 50.7 cm³/mol. The van der Waals surface area contributed by atoms with Crippen molar-refractivity contribution in [1.29, 1.82) is 0 Å². The van der Waals surface area contributed by atoms with Gasteiger partial charge in [-0.05, 0) is 11.5 Å². The van der Waals surface area contributed by atoms with E-state index in [9.17, 15) is 17.3 Å². The quantitative estimate of drug-likeness (QED) is 0.475. The summed E-state index contributed by atoms with van der Waals surface area (Å²) in [5.41, 5.74) is 0. The van der Waals surface area contributed by atoms with Gasteiger partial charge < -0.3 is 17.3 Å². The van der Waals surface area contributed by atoms with E-state index in [0.29, 0.717) is 0 Å². The normalized spacial score (nSPS) is 10.7. The van der Waals surface area contributed by atoms with Gasteiger partial charge in [0.25, 0.3) is 0 Å². The van der Waals surface area contributed by atoms with Crippen molar-refractivity contribution in [1.82, 2.24) is 0 Å². The van der Waals surface area contributed by atoms with Crippen LogP contribution in [0.3, 0.4) is 0 Å². The zero-order valence-electron chi connectivity index (χ0n) is 7.63. The number of nitrogens with one attached hydrogen (secondary N) is 1. The van der Waals surface area contributed by atoms with Crippen molar-refractivity contribution in [2.75, 3.05) is 0 Å². The molecule has 0 saturated carbocycles. The van der Waals surface area contributed by atoms with Gasteiger partial charge in [0.1, 0.15) is 0 Å². The van der Waals surface area contributed by atoms with Gasteiger partial charge in [-0.2, -0.15) is 0 Å². The van der Waals surface area contributed by atoms with Gasteiger partial charge in [0.15, 0.2) is 12.4 Å². The molecule has 0 aliphatic rings. The van der Waals surface area contributed by atoms with Crippen LogP contribution in [0.25, 0.3) is 10.8 Å². The van der Waals surface area contributed by atoms with Crippen LogP contribution in [-0.2, 0) is 0 Å². The number of aromatic amines is 1. The van der Waals surface area contributed by atoms with Crippen molar-refractivity contribution in [3.8, 4) is 0 Å². The standard InChI is InChI=1S/C9H7N.BF4/c1-2-4-9-7-10-6-5-8(9)3-1;2-1(3,4)5/h1-7H;/q;-1/p+1. The third-order valence-corrected chi connectivity index (χ3v) is 1.59. The summed E-state index contributed by atoms with van der Waals surface area (Å²) < 4.78 is 39.0. The molecule has 2 rings (SSSR count). The summed E-state index contributed by atoms with van der Waals surface area (Å²) in [5, 5.41) is 2.53. The molecule has 0 radical (unpaired) electrons. The number of fused-ring (bicyclic) bond motifs is 1. The summed E-state index contributed by atoms with van der Waals surface area (Å²) in [6.07, 6.45) is 3.93. The summed E-state index contributed by atoms with van der Waals surface area (Å²) in [7, 11) is -6.00. The average molecular weight is 217 g/mol. The molecule has 0 amide bonds. The lowest BCUT2D eigenvalue weighted by Crippen LogP contribution is -2.02. The fourth-order valence-corrected chi connectivity index (χ4v) is 1.07. The summed E-state index contributed by atoms with van der Waals surface area (Å²) >= 11 is 0. The molecule has 0 bridgehead atoms. The number of halogens is 4. The maximum absolute atomic E-state index is 9.75. The Kier molecular flexibility index (Phi) is 3.65. The molecule has 0 spiro atoms. The van der Waals surface area contributed by atoms with Crippen LogP contribution in [0.1, 0.15) is 0 Å². The molecular formula is C9H8BF4N. The lowest BCUT2D eigenvalue weighted by atomic mass is 10.2. The van der Waals surface area contributed by atoms with E-state index in [1.807, 2.05) is 24.5 Å². The van der Waals surface area contributed by atoms with Crippen LogP contribution < -0.4 is 4.98 Å². The molecule has 0 aliphatic carbocycles. The molecule has 1 heterocycles. The Labute approximate surface area is 83.9 Å². The Morgan fingerprint density at radius 3 is 1.93 bits per heavy atom. The zero-order chi connectivity index (χ0) is 11.3. The Morgan fingerprint density at radius 1 is 0.867 bits per heavy atom. The Morgan fingerprint density at radius 2 is 1.40 bits per heavy atom. The van der Waals surface area contributed by atoms with E-state index in [-0.39, 0.29) is 0 Å². The molecule has 0 aliphatic heterocycles. The molecule has 6 heteroatoms. The summed E-state index contributed by atoms with van der Waals surface area (Å²) in [5.74, 6) is 0. The van der Waals surface area contributed by atoms with Crippen LogP contribution >= 0.6 is 0 Å². The fraction of sp³-hybridized carbons (Fsp3) is 0. The molecule has 0 saturated heterocycles. The van der Waals surface area contributed by atoms with Crippen LogP contribution in [0.2, 0.25) is 0 Å². The predicted octanol–water partition coefficient (Wildman–Crippen LogP) is 2.95. The summed E-state index contributed by atoms with van der Waals surface area (Å²) in [4.78, 5) is 3.04. The number of aromatic nitrogens is 1. The second kappa shape index (κ2) is 4.77. The first-order chi connectivity index (χ1) is 6.97. The van der Waals surface area contributed by atoms with E-state index >= 15 is 0 Å². The second-order valence-electron chi connectivity index (χ2n) is 2.77. The highest BCUT2D eigenvalue weighted by Gasteiger charge is 2.20. The molecule has 1 N–H and O–H groups in total. The first kappa shape index (κ1) is 11.5. The summed E-state index contributed by atoms with van der Waals surface area (Å²) in [6.45, 7) is 0. The third kappa shape index (κ3) is 5.00. The molecular weight excluding hydrogens is 209 g/mol. The van der Waals surface area contributed by atoms with E-state index < -0.39 is 7.25 Å². The lowest BCUT2D eigenvalue weighted by molar-refractivity contribution is -0.375. The monoisotopic (exact) mass is 217 g/mol. The first-order valence-corrected chi connectivity index (χ1v) is 4.19. The highest BCUT2D eigenvalue weighted by molar-refractivity contribution is 6.50. The molecule has 15 heavy (non-hydrogen) atoms. The van der Waals surface area contributed by atoms with E-state index in [4.69, 9.17) is 0 Å². The van der Waals surface area contributed by atoms with Gasteiger partial charge in [-0.3, -0.25) is 0 Å². The maximum atomic E-state index is 9.75. The maximum Gasteiger partial charge on any atom is 0.673 e. The van der Waals surface area contributed by atoms with Gasteiger partial charge in [0.2, 0.25) is 0 Å². The number of rotatable bonds is 0.